The Hall–Kier alpha value is -0.960. The maximum Gasteiger partial charge on any atom is 0.248 e. The number of nitrogens with two attached hydrogens (primary N) is 2. The van der Waals surface area contributed by atoms with E-state index in [-0.39, 0.29) is 23.0 Å². The van der Waals surface area contributed by atoms with Crippen molar-refractivity contribution in [3.05, 3.63) is 28.2 Å². The predicted octanol–water partition coefficient (Wildman–Crippen LogP) is 1.05. The first-order valence-electron chi connectivity index (χ1n) is 6.68. The van der Waals surface area contributed by atoms with Crippen LogP contribution >= 0.6 is 15.9 Å². The van der Waals surface area contributed by atoms with E-state index in [0.717, 1.165) is 19.3 Å². The van der Waals surface area contributed by atoms with E-state index in [2.05, 4.69) is 15.9 Å². The Morgan fingerprint density at radius 2 is 2.05 bits per heavy atom. The molecule has 116 valence electrons. The Morgan fingerprint density at radius 1 is 1.33 bits per heavy atom. The summed E-state index contributed by atoms with van der Waals surface area (Å²) >= 11 is 3.21. The van der Waals surface area contributed by atoms with Gasteiger partial charge in [0.05, 0.1) is 4.90 Å². The lowest BCUT2D eigenvalue weighted by Crippen LogP contribution is -2.47. The van der Waals surface area contributed by atoms with Crippen molar-refractivity contribution in [2.24, 2.45) is 11.5 Å². The van der Waals surface area contributed by atoms with E-state index in [1.807, 2.05) is 0 Å². The van der Waals surface area contributed by atoms with Crippen LogP contribution in [0.2, 0.25) is 0 Å². The van der Waals surface area contributed by atoms with E-state index in [4.69, 9.17) is 11.5 Å². The number of benzene rings is 1. The molecule has 1 heterocycles. The van der Waals surface area contributed by atoms with Crippen molar-refractivity contribution in [3.63, 3.8) is 0 Å². The van der Waals surface area contributed by atoms with Crippen LogP contribution < -0.4 is 11.5 Å². The van der Waals surface area contributed by atoms with Gasteiger partial charge >= 0.3 is 0 Å². The van der Waals surface area contributed by atoms with Crippen molar-refractivity contribution in [3.8, 4) is 0 Å². The lowest BCUT2D eigenvalue weighted by molar-refractivity contribution is 0.1000. The fraction of sp³-hybridized carbons (Fsp3) is 0.462. The molecule has 1 saturated heterocycles. The zero-order valence-electron chi connectivity index (χ0n) is 11.5. The Balaban J connectivity index is 2.45. The molecule has 1 aliphatic heterocycles. The van der Waals surface area contributed by atoms with Gasteiger partial charge in [-0.25, -0.2) is 8.42 Å². The van der Waals surface area contributed by atoms with Crippen molar-refractivity contribution >= 4 is 31.9 Å². The second kappa shape index (κ2) is 6.43. The number of carbonyl (C=O) groups excluding carboxylic acids is 1. The van der Waals surface area contributed by atoms with Gasteiger partial charge in [0.2, 0.25) is 15.9 Å². The number of piperidine rings is 1. The van der Waals surface area contributed by atoms with Gasteiger partial charge in [-0.1, -0.05) is 22.4 Å². The minimum Gasteiger partial charge on any atom is -0.366 e. The summed E-state index contributed by atoms with van der Waals surface area (Å²) < 4.78 is 27.5. The van der Waals surface area contributed by atoms with Crippen LogP contribution in [-0.2, 0) is 10.0 Å². The molecule has 0 saturated carbocycles. The lowest BCUT2D eigenvalue weighted by atomic mass is 10.1. The summed E-state index contributed by atoms with van der Waals surface area (Å²) in [6.07, 6.45) is 2.54. The van der Waals surface area contributed by atoms with Gasteiger partial charge in [-0.15, -0.1) is 0 Å². The molecule has 1 amide bonds. The summed E-state index contributed by atoms with van der Waals surface area (Å²) in [6.45, 7) is 0.735. The number of rotatable bonds is 4. The minimum absolute atomic E-state index is 0.0611. The maximum atomic E-state index is 12.8. The smallest absolute Gasteiger partial charge is 0.248 e. The summed E-state index contributed by atoms with van der Waals surface area (Å²) in [5, 5.41) is 0. The highest BCUT2D eigenvalue weighted by Gasteiger charge is 2.33. The molecule has 0 aromatic heterocycles. The van der Waals surface area contributed by atoms with E-state index in [9.17, 15) is 13.2 Å². The zero-order chi connectivity index (χ0) is 15.6. The first-order chi connectivity index (χ1) is 9.86. The first-order valence-corrected chi connectivity index (χ1v) is 8.92. The molecule has 8 heteroatoms. The van der Waals surface area contributed by atoms with Gasteiger partial charge in [-0.2, -0.15) is 4.31 Å². The van der Waals surface area contributed by atoms with Crippen molar-refractivity contribution in [1.82, 2.24) is 4.31 Å². The van der Waals surface area contributed by atoms with Crippen LogP contribution in [-0.4, -0.2) is 37.8 Å². The normalized spacial score (nSPS) is 20.4. The predicted molar refractivity (Wildman–Crippen MR) is 83.2 cm³/mol. The summed E-state index contributed by atoms with van der Waals surface area (Å²) in [5.41, 5.74) is 11.1. The van der Waals surface area contributed by atoms with Crippen LogP contribution in [0.4, 0.5) is 0 Å². The second-order valence-corrected chi connectivity index (χ2v) is 7.85. The Labute approximate surface area is 132 Å². The van der Waals surface area contributed by atoms with Gasteiger partial charge in [0.15, 0.2) is 0 Å². The lowest BCUT2D eigenvalue weighted by Gasteiger charge is -2.34. The molecule has 1 aliphatic rings. The molecule has 1 atom stereocenters. The first kappa shape index (κ1) is 16.4. The molecule has 0 radical (unpaired) electrons. The molecule has 21 heavy (non-hydrogen) atoms. The summed E-state index contributed by atoms with van der Waals surface area (Å²) in [4.78, 5) is 11.4. The molecule has 0 bridgehead atoms. The molecular formula is C13H18BrN3O3S. The molecule has 4 N–H and O–H groups in total. The molecule has 6 nitrogen and oxygen atoms in total. The number of primary amides is 1. The fourth-order valence-corrected chi connectivity index (χ4v) is 4.94. The van der Waals surface area contributed by atoms with Gasteiger partial charge in [0.1, 0.15) is 0 Å². The van der Waals surface area contributed by atoms with Gasteiger partial charge in [-0.3, -0.25) is 4.79 Å². The van der Waals surface area contributed by atoms with E-state index in [1.165, 1.54) is 22.5 Å². The topological polar surface area (TPSA) is 106 Å². The average molecular weight is 376 g/mol. The van der Waals surface area contributed by atoms with E-state index in [0.29, 0.717) is 11.0 Å². The molecule has 1 unspecified atom stereocenters. The second-order valence-electron chi connectivity index (χ2n) is 5.04. The largest absolute Gasteiger partial charge is 0.366 e. The van der Waals surface area contributed by atoms with Crippen molar-refractivity contribution in [2.75, 3.05) is 13.1 Å². The number of sulfonamides is 1. The standard InChI is InChI=1S/C13H18BrN3O3S/c14-10-5-9(13(16)18)6-12(7-10)21(19,20)17-4-2-1-3-11(17)8-15/h5-7,11H,1-4,8,15H2,(H2,16,18). The van der Waals surface area contributed by atoms with Crippen molar-refractivity contribution < 1.29 is 13.2 Å². The quantitative estimate of drug-likeness (QED) is 0.819. The number of hydrogen-bond donors (Lipinski definition) is 2. The number of hydrogen-bond acceptors (Lipinski definition) is 4. The molecule has 1 aromatic rings. The van der Waals surface area contributed by atoms with Crippen LogP contribution in [0.3, 0.4) is 0 Å². The molecule has 1 aromatic carbocycles. The summed E-state index contributed by atoms with van der Waals surface area (Å²) in [6, 6.07) is 4.09. The third kappa shape index (κ3) is 3.45. The van der Waals surface area contributed by atoms with Gasteiger partial charge in [-0.05, 0) is 31.0 Å². The van der Waals surface area contributed by atoms with Gasteiger partial charge < -0.3 is 11.5 Å². The van der Waals surface area contributed by atoms with Gasteiger partial charge in [0.25, 0.3) is 0 Å². The fourth-order valence-electron chi connectivity index (χ4n) is 2.52. The van der Waals surface area contributed by atoms with Crippen LogP contribution in [0.1, 0.15) is 29.6 Å². The zero-order valence-corrected chi connectivity index (χ0v) is 13.9. The molecule has 0 aliphatic carbocycles. The third-order valence-electron chi connectivity index (χ3n) is 3.61. The Bertz CT molecular complexity index is 648. The van der Waals surface area contributed by atoms with Crippen molar-refractivity contribution in [1.29, 1.82) is 0 Å². The molecular weight excluding hydrogens is 358 g/mol. The van der Waals surface area contributed by atoms with E-state index in [1.54, 1.807) is 0 Å². The highest BCUT2D eigenvalue weighted by Crippen LogP contribution is 2.27. The molecule has 2 rings (SSSR count). The summed E-state index contributed by atoms with van der Waals surface area (Å²) in [7, 11) is -3.69. The summed E-state index contributed by atoms with van der Waals surface area (Å²) in [5.74, 6) is -0.665. The number of carbonyl (C=O) groups is 1. The average Bonchev–Trinajstić information content (AvgIpc) is 2.46. The third-order valence-corrected chi connectivity index (χ3v) is 6.00. The van der Waals surface area contributed by atoms with E-state index < -0.39 is 15.9 Å². The number of nitrogens with zero attached hydrogens (tertiary/aromatic N) is 1. The van der Waals surface area contributed by atoms with E-state index >= 15 is 0 Å². The van der Waals surface area contributed by atoms with Crippen LogP contribution in [0, 0.1) is 0 Å². The SMILES string of the molecule is NCC1CCCCN1S(=O)(=O)c1cc(Br)cc(C(N)=O)c1. The van der Waals surface area contributed by atoms with Crippen LogP contribution in [0.25, 0.3) is 0 Å². The van der Waals surface area contributed by atoms with Crippen LogP contribution in [0.5, 0.6) is 0 Å². The number of halogens is 1. The van der Waals surface area contributed by atoms with Gasteiger partial charge in [0, 0.05) is 29.2 Å². The minimum atomic E-state index is -3.69. The maximum absolute atomic E-state index is 12.8. The highest BCUT2D eigenvalue weighted by molar-refractivity contribution is 9.10. The molecule has 0 spiro atoms. The van der Waals surface area contributed by atoms with Crippen molar-refractivity contribution in [2.45, 2.75) is 30.2 Å². The Kier molecular flexibility index (Phi) is 5.03. The number of amides is 1. The van der Waals surface area contributed by atoms with Crippen LogP contribution in [0.15, 0.2) is 27.6 Å². The monoisotopic (exact) mass is 375 g/mol. The highest BCUT2D eigenvalue weighted by atomic mass is 79.9. The Morgan fingerprint density at radius 3 is 2.67 bits per heavy atom. The molecule has 1 fully saturated rings.